The van der Waals surface area contributed by atoms with Crippen LogP contribution in [0.15, 0.2) is 65.6 Å². The van der Waals surface area contributed by atoms with E-state index in [4.69, 9.17) is 4.74 Å². The third-order valence-corrected chi connectivity index (χ3v) is 4.58. The largest absolute Gasteiger partial charge is 0.465 e. The maximum Gasteiger partial charge on any atom is 0.411 e. The summed E-state index contributed by atoms with van der Waals surface area (Å²) in [5.74, 6) is -2.99. The summed E-state index contributed by atoms with van der Waals surface area (Å²) in [4.78, 5) is 25.0. The van der Waals surface area contributed by atoms with E-state index < -0.39 is 18.1 Å². The summed E-state index contributed by atoms with van der Waals surface area (Å²) in [5.41, 5.74) is 1.08. The van der Waals surface area contributed by atoms with Crippen LogP contribution in [0.2, 0.25) is 0 Å². The number of ether oxygens (including phenoxy) is 1. The third-order valence-electron chi connectivity index (χ3n) is 4.58. The number of allylic oxidation sites excluding steroid dienone is 4. The van der Waals surface area contributed by atoms with Crippen LogP contribution >= 0.6 is 0 Å². The maximum absolute atomic E-state index is 13.3. The highest BCUT2D eigenvalue weighted by Gasteiger charge is 2.25. The molecule has 1 heterocycles. The smallest absolute Gasteiger partial charge is 0.411 e. The molecule has 1 N–H and O–H groups in total. The summed E-state index contributed by atoms with van der Waals surface area (Å²) in [5, 5.41) is 13.7. The molecule has 30 heavy (non-hydrogen) atoms. The summed E-state index contributed by atoms with van der Waals surface area (Å²) in [6, 6.07) is 7.60. The van der Waals surface area contributed by atoms with Gasteiger partial charge in [-0.3, -0.25) is 14.4 Å². The quantitative estimate of drug-likeness (QED) is 0.699. The van der Waals surface area contributed by atoms with Crippen LogP contribution in [0, 0.1) is 0 Å². The number of rotatable bonds is 7. The monoisotopic (exact) mass is 417 g/mol. The number of amides is 1. The normalized spacial score (nSPS) is 15.3. The first-order valence-electron chi connectivity index (χ1n) is 9.22. The molecule has 3 rings (SSSR count). The van der Waals surface area contributed by atoms with Gasteiger partial charge in [0.25, 0.3) is 5.92 Å². The third kappa shape index (κ3) is 5.18. The Balaban J connectivity index is 1.84. The predicted octanol–water partition coefficient (Wildman–Crippen LogP) is 3.27. The minimum absolute atomic E-state index is 0.163. The first-order chi connectivity index (χ1) is 14.3. The molecular formula is C21H21F2N3O4. The standard InChI is InChI=1S/C21H21F2N3O4/c1-30-12-11-25(20(28)29)17-4-2-3-15(13-17)14-18-19(27)7-10-26(24-18)16-5-8-21(22,23)9-6-16/h2-10,13,16H,11-12,14H2,1H3,(H,28,29). The lowest BCUT2D eigenvalue weighted by Crippen LogP contribution is -2.32. The van der Waals surface area contributed by atoms with Crippen molar-refractivity contribution in [3.8, 4) is 0 Å². The Morgan fingerprint density at radius 1 is 1.30 bits per heavy atom. The van der Waals surface area contributed by atoms with Crippen molar-refractivity contribution in [2.24, 2.45) is 0 Å². The summed E-state index contributed by atoms with van der Waals surface area (Å²) < 4.78 is 32.9. The van der Waals surface area contributed by atoms with Gasteiger partial charge in [0.1, 0.15) is 5.69 Å². The van der Waals surface area contributed by atoms with E-state index in [1.54, 1.807) is 24.3 Å². The number of alkyl halides is 2. The van der Waals surface area contributed by atoms with Crippen LogP contribution < -0.4 is 10.3 Å². The Kier molecular flexibility index (Phi) is 6.41. The number of halogens is 2. The Morgan fingerprint density at radius 2 is 2.03 bits per heavy atom. The zero-order valence-electron chi connectivity index (χ0n) is 16.2. The maximum atomic E-state index is 13.3. The fraction of sp³-hybridized carbons (Fsp3) is 0.286. The van der Waals surface area contributed by atoms with Crippen molar-refractivity contribution in [2.75, 3.05) is 25.2 Å². The molecule has 0 aliphatic heterocycles. The Morgan fingerprint density at radius 3 is 2.70 bits per heavy atom. The Bertz CT molecular complexity index is 1020. The van der Waals surface area contributed by atoms with Gasteiger partial charge in [-0.05, 0) is 29.8 Å². The number of hydrogen-bond donors (Lipinski definition) is 1. The molecule has 0 spiro atoms. The van der Waals surface area contributed by atoms with E-state index >= 15 is 0 Å². The van der Waals surface area contributed by atoms with Crippen molar-refractivity contribution in [3.63, 3.8) is 0 Å². The van der Waals surface area contributed by atoms with Gasteiger partial charge in [-0.25, -0.2) is 4.79 Å². The van der Waals surface area contributed by atoms with Gasteiger partial charge in [-0.2, -0.15) is 13.9 Å². The molecule has 0 unspecified atom stereocenters. The lowest BCUT2D eigenvalue weighted by molar-refractivity contribution is 0.108. The van der Waals surface area contributed by atoms with Gasteiger partial charge in [0.05, 0.1) is 19.2 Å². The lowest BCUT2D eigenvalue weighted by atomic mass is 10.1. The highest BCUT2D eigenvalue weighted by molar-refractivity contribution is 5.86. The van der Waals surface area contributed by atoms with Gasteiger partial charge in [0.15, 0.2) is 0 Å². The Labute approximate surface area is 171 Å². The van der Waals surface area contributed by atoms with E-state index in [0.717, 1.165) is 17.1 Å². The summed E-state index contributed by atoms with van der Waals surface area (Å²) in [6.07, 6.45) is 4.73. The average Bonchev–Trinajstić information content (AvgIpc) is 2.70. The molecule has 1 aliphatic rings. The first kappa shape index (κ1) is 21.4. The van der Waals surface area contributed by atoms with Crippen LogP contribution in [0.5, 0.6) is 0 Å². The molecule has 1 aromatic heterocycles. The molecule has 0 bridgehead atoms. The van der Waals surface area contributed by atoms with E-state index in [0.29, 0.717) is 11.3 Å². The van der Waals surface area contributed by atoms with Crippen LogP contribution in [-0.4, -0.2) is 47.2 Å². The van der Waals surface area contributed by atoms with Crippen molar-refractivity contribution in [2.45, 2.75) is 18.4 Å². The molecular weight excluding hydrogens is 396 g/mol. The van der Waals surface area contributed by atoms with Gasteiger partial charge < -0.3 is 9.84 Å². The second kappa shape index (κ2) is 9.00. The molecule has 0 saturated heterocycles. The molecule has 0 atom stereocenters. The number of aromatic nitrogens is 2. The van der Waals surface area contributed by atoms with Crippen molar-refractivity contribution < 1.29 is 23.4 Å². The SMILES string of the molecule is COCCN(C(=O)O)c1cccc(Cc2nn(C3C=CC(F)(F)C=C3)ccc2=O)c1. The van der Waals surface area contributed by atoms with Gasteiger partial charge in [-0.1, -0.05) is 24.3 Å². The van der Waals surface area contributed by atoms with Gasteiger partial charge in [0, 0.05) is 31.5 Å². The lowest BCUT2D eigenvalue weighted by Gasteiger charge is -2.20. The van der Waals surface area contributed by atoms with Crippen molar-refractivity contribution >= 4 is 11.8 Å². The Hall–Kier alpha value is -3.33. The molecule has 1 aliphatic carbocycles. The van der Waals surface area contributed by atoms with Gasteiger partial charge >= 0.3 is 6.09 Å². The predicted molar refractivity (Wildman–Crippen MR) is 107 cm³/mol. The highest BCUT2D eigenvalue weighted by atomic mass is 19.3. The molecule has 0 radical (unpaired) electrons. The van der Waals surface area contributed by atoms with E-state index in [9.17, 15) is 23.5 Å². The number of carbonyl (C=O) groups is 1. The van der Waals surface area contributed by atoms with Crippen molar-refractivity contribution in [1.82, 2.24) is 9.78 Å². The van der Waals surface area contributed by atoms with E-state index in [1.165, 1.54) is 36.2 Å². The molecule has 1 aromatic carbocycles. The first-order valence-corrected chi connectivity index (χ1v) is 9.22. The van der Waals surface area contributed by atoms with Crippen LogP contribution in [0.1, 0.15) is 17.3 Å². The molecule has 0 fully saturated rings. The van der Waals surface area contributed by atoms with Crippen LogP contribution in [0.3, 0.4) is 0 Å². The fourth-order valence-corrected chi connectivity index (χ4v) is 3.05. The van der Waals surface area contributed by atoms with E-state index in [1.807, 2.05) is 0 Å². The van der Waals surface area contributed by atoms with Crippen LogP contribution in [0.4, 0.5) is 19.3 Å². The van der Waals surface area contributed by atoms with Crippen molar-refractivity contribution in [3.05, 3.63) is 82.3 Å². The molecule has 9 heteroatoms. The summed E-state index contributed by atoms with van der Waals surface area (Å²) >= 11 is 0. The second-order valence-corrected chi connectivity index (χ2v) is 6.76. The number of methoxy groups -OCH3 is 1. The number of hydrogen-bond acceptors (Lipinski definition) is 4. The molecule has 1 amide bonds. The number of benzene rings is 1. The molecule has 0 saturated carbocycles. The second-order valence-electron chi connectivity index (χ2n) is 6.76. The summed E-state index contributed by atoms with van der Waals surface area (Å²) in [7, 11) is 1.49. The number of nitrogens with zero attached hydrogens (tertiary/aromatic N) is 3. The minimum atomic E-state index is -2.99. The minimum Gasteiger partial charge on any atom is -0.465 e. The van der Waals surface area contributed by atoms with Crippen LogP contribution in [0.25, 0.3) is 0 Å². The number of anilines is 1. The highest BCUT2D eigenvalue weighted by Crippen LogP contribution is 2.26. The zero-order valence-corrected chi connectivity index (χ0v) is 16.2. The summed E-state index contributed by atoms with van der Waals surface area (Å²) in [6.45, 7) is 0.402. The van der Waals surface area contributed by atoms with Crippen molar-refractivity contribution in [1.29, 1.82) is 0 Å². The zero-order chi connectivity index (χ0) is 21.7. The van der Waals surface area contributed by atoms with E-state index in [2.05, 4.69) is 5.10 Å². The topological polar surface area (TPSA) is 84.7 Å². The molecule has 7 nitrogen and oxygen atoms in total. The molecule has 158 valence electrons. The fourth-order valence-electron chi connectivity index (χ4n) is 3.05. The van der Waals surface area contributed by atoms with Gasteiger partial charge in [0.2, 0.25) is 5.43 Å². The molecule has 2 aromatic rings. The van der Waals surface area contributed by atoms with Gasteiger partial charge in [-0.15, -0.1) is 0 Å². The van der Waals surface area contributed by atoms with Crippen LogP contribution in [-0.2, 0) is 11.2 Å². The average molecular weight is 417 g/mol. The number of carboxylic acid groups (broad SMARTS) is 1. The van der Waals surface area contributed by atoms with E-state index in [-0.39, 0.29) is 30.7 Å².